The zero-order valence-electron chi connectivity index (χ0n) is 8.38. The number of rotatable bonds is 8. The van der Waals surface area contributed by atoms with Gasteiger partial charge in [0.2, 0.25) is 0 Å². The summed E-state index contributed by atoms with van der Waals surface area (Å²) in [5.41, 5.74) is 0. The molecule has 12 heavy (non-hydrogen) atoms. The largest absolute Gasteiger partial charge is 0.371 e. The number of ether oxygens (including phenoxy) is 1. The first-order valence-corrected chi connectivity index (χ1v) is 4.99. The predicted molar refractivity (Wildman–Crippen MR) is 51.0 cm³/mol. The molecular weight excluding hydrogens is 152 g/mol. The Kier molecular flexibility index (Phi) is 8.95. The summed E-state index contributed by atoms with van der Waals surface area (Å²) in [6.45, 7) is 4.95. The second-order valence-electron chi connectivity index (χ2n) is 3.45. The van der Waals surface area contributed by atoms with Gasteiger partial charge in [0.05, 0.1) is 6.61 Å². The van der Waals surface area contributed by atoms with Crippen molar-refractivity contribution in [2.75, 3.05) is 13.4 Å². The topological polar surface area (TPSA) is 29.5 Å². The van der Waals surface area contributed by atoms with Crippen molar-refractivity contribution in [2.45, 2.75) is 46.0 Å². The number of hydrogen-bond donors (Lipinski definition) is 1. The molecule has 1 N–H and O–H groups in total. The van der Waals surface area contributed by atoms with Crippen molar-refractivity contribution >= 4 is 0 Å². The van der Waals surface area contributed by atoms with E-state index in [-0.39, 0.29) is 6.79 Å². The average Bonchev–Trinajstić information content (AvgIpc) is 2.09. The summed E-state index contributed by atoms with van der Waals surface area (Å²) in [5.74, 6) is 0.592. The van der Waals surface area contributed by atoms with Gasteiger partial charge < -0.3 is 9.84 Å². The molecular formula is C10H22O2. The Morgan fingerprint density at radius 3 is 2.58 bits per heavy atom. The van der Waals surface area contributed by atoms with E-state index >= 15 is 0 Å². The van der Waals surface area contributed by atoms with Crippen LogP contribution in [0.4, 0.5) is 0 Å². The van der Waals surface area contributed by atoms with Crippen LogP contribution < -0.4 is 0 Å². The van der Waals surface area contributed by atoms with E-state index in [0.717, 1.165) is 0 Å². The third kappa shape index (κ3) is 8.02. The lowest BCUT2D eigenvalue weighted by molar-refractivity contribution is -0.0164. The van der Waals surface area contributed by atoms with Crippen LogP contribution >= 0.6 is 0 Å². The first-order valence-electron chi connectivity index (χ1n) is 4.99. The van der Waals surface area contributed by atoms with Gasteiger partial charge in [0.1, 0.15) is 6.79 Å². The Morgan fingerprint density at radius 1 is 1.25 bits per heavy atom. The summed E-state index contributed by atoms with van der Waals surface area (Å²) in [6.07, 6.45) is 6.48. The quantitative estimate of drug-likeness (QED) is 0.452. The van der Waals surface area contributed by atoms with Crippen molar-refractivity contribution in [3.05, 3.63) is 0 Å². The molecule has 0 radical (unpaired) electrons. The third-order valence-corrected chi connectivity index (χ3v) is 2.04. The molecule has 2 nitrogen and oxygen atoms in total. The summed E-state index contributed by atoms with van der Waals surface area (Å²) >= 11 is 0. The molecule has 0 saturated heterocycles. The van der Waals surface area contributed by atoms with Crippen molar-refractivity contribution < 1.29 is 9.84 Å². The molecule has 0 spiro atoms. The monoisotopic (exact) mass is 174 g/mol. The Bertz CT molecular complexity index is 83.9. The summed E-state index contributed by atoms with van der Waals surface area (Å²) in [6, 6.07) is 0. The van der Waals surface area contributed by atoms with Crippen LogP contribution in [0.1, 0.15) is 46.0 Å². The van der Waals surface area contributed by atoms with Gasteiger partial charge in [0, 0.05) is 0 Å². The van der Waals surface area contributed by atoms with Gasteiger partial charge in [-0.2, -0.15) is 0 Å². The third-order valence-electron chi connectivity index (χ3n) is 2.04. The minimum absolute atomic E-state index is 0.140. The zero-order valence-corrected chi connectivity index (χ0v) is 8.38. The maximum Gasteiger partial charge on any atom is 0.143 e. The van der Waals surface area contributed by atoms with Crippen LogP contribution in [0.5, 0.6) is 0 Å². The summed E-state index contributed by atoms with van der Waals surface area (Å²) in [5, 5.41) is 8.40. The fourth-order valence-electron chi connectivity index (χ4n) is 1.26. The van der Waals surface area contributed by atoms with E-state index in [1.54, 1.807) is 0 Å². The highest BCUT2D eigenvalue weighted by molar-refractivity contribution is 4.51. The highest BCUT2D eigenvalue weighted by Gasteiger charge is 2.00. The number of hydrogen-bond acceptors (Lipinski definition) is 2. The van der Waals surface area contributed by atoms with E-state index in [9.17, 15) is 0 Å². The molecule has 0 aliphatic heterocycles. The zero-order chi connectivity index (χ0) is 9.23. The second kappa shape index (κ2) is 9.01. The molecule has 1 atom stereocenters. The van der Waals surface area contributed by atoms with Crippen molar-refractivity contribution in [3.63, 3.8) is 0 Å². The minimum Gasteiger partial charge on any atom is -0.371 e. The lowest BCUT2D eigenvalue weighted by Gasteiger charge is -2.09. The summed E-state index contributed by atoms with van der Waals surface area (Å²) in [4.78, 5) is 0. The lowest BCUT2D eigenvalue weighted by atomic mass is 10.0. The van der Waals surface area contributed by atoms with E-state index in [2.05, 4.69) is 13.8 Å². The molecule has 0 saturated carbocycles. The van der Waals surface area contributed by atoms with Crippen molar-refractivity contribution in [1.82, 2.24) is 0 Å². The van der Waals surface area contributed by atoms with Crippen LogP contribution in [0.15, 0.2) is 0 Å². The lowest BCUT2D eigenvalue weighted by Crippen LogP contribution is -2.06. The van der Waals surface area contributed by atoms with Gasteiger partial charge >= 0.3 is 0 Å². The molecule has 0 amide bonds. The number of aliphatic hydroxyl groups is 1. The Morgan fingerprint density at radius 2 is 2.00 bits per heavy atom. The van der Waals surface area contributed by atoms with E-state index in [0.29, 0.717) is 12.5 Å². The Hall–Kier alpha value is -0.0800. The van der Waals surface area contributed by atoms with E-state index in [1.807, 2.05) is 0 Å². The van der Waals surface area contributed by atoms with Gasteiger partial charge in [0.15, 0.2) is 0 Å². The van der Waals surface area contributed by atoms with Crippen molar-refractivity contribution in [3.8, 4) is 0 Å². The molecule has 0 aliphatic carbocycles. The van der Waals surface area contributed by atoms with Crippen molar-refractivity contribution in [2.24, 2.45) is 5.92 Å². The first kappa shape index (κ1) is 11.9. The standard InChI is InChI=1S/C10H22O2/c1-3-4-5-6-7-10(2)8-12-9-11/h10-11H,3-9H2,1-2H3. The van der Waals surface area contributed by atoms with Gasteiger partial charge in [0.25, 0.3) is 0 Å². The molecule has 0 bridgehead atoms. The smallest absolute Gasteiger partial charge is 0.143 e. The van der Waals surface area contributed by atoms with Gasteiger partial charge in [-0.15, -0.1) is 0 Å². The number of unbranched alkanes of at least 4 members (excludes halogenated alkanes) is 3. The highest BCUT2D eigenvalue weighted by atomic mass is 16.6. The SMILES string of the molecule is CCCCCCC(C)COCO. The highest BCUT2D eigenvalue weighted by Crippen LogP contribution is 2.10. The molecule has 0 heterocycles. The van der Waals surface area contributed by atoms with Crippen molar-refractivity contribution in [1.29, 1.82) is 0 Å². The summed E-state index contributed by atoms with van der Waals surface area (Å²) in [7, 11) is 0. The molecule has 74 valence electrons. The minimum atomic E-state index is -0.140. The Balaban J connectivity index is 3.02. The molecule has 0 fully saturated rings. The summed E-state index contributed by atoms with van der Waals surface area (Å²) < 4.78 is 4.91. The molecule has 0 aromatic heterocycles. The molecule has 0 aromatic carbocycles. The second-order valence-corrected chi connectivity index (χ2v) is 3.45. The average molecular weight is 174 g/mol. The predicted octanol–water partition coefficient (Wildman–Crippen LogP) is 2.56. The van der Waals surface area contributed by atoms with Gasteiger partial charge in [-0.05, 0) is 12.3 Å². The van der Waals surface area contributed by atoms with Crippen LogP contribution in [0.25, 0.3) is 0 Å². The maximum atomic E-state index is 8.40. The van der Waals surface area contributed by atoms with Crippen LogP contribution in [-0.2, 0) is 4.74 Å². The maximum absolute atomic E-state index is 8.40. The molecule has 1 unspecified atom stereocenters. The Labute approximate surface area is 75.9 Å². The number of aliphatic hydroxyl groups excluding tert-OH is 1. The van der Waals surface area contributed by atoms with Gasteiger partial charge in [-0.3, -0.25) is 0 Å². The van der Waals surface area contributed by atoms with Gasteiger partial charge in [-0.1, -0.05) is 39.5 Å². The van der Waals surface area contributed by atoms with Crippen LogP contribution in [-0.4, -0.2) is 18.5 Å². The van der Waals surface area contributed by atoms with Crippen LogP contribution in [0, 0.1) is 5.92 Å². The fraction of sp³-hybridized carbons (Fsp3) is 1.00. The fourth-order valence-corrected chi connectivity index (χ4v) is 1.26. The van der Waals surface area contributed by atoms with E-state index < -0.39 is 0 Å². The normalized spacial score (nSPS) is 13.2. The van der Waals surface area contributed by atoms with Crippen LogP contribution in [0.2, 0.25) is 0 Å². The van der Waals surface area contributed by atoms with Gasteiger partial charge in [-0.25, -0.2) is 0 Å². The molecule has 2 heteroatoms. The van der Waals surface area contributed by atoms with Crippen LogP contribution in [0.3, 0.4) is 0 Å². The molecule has 0 rings (SSSR count). The molecule has 0 aromatic rings. The first-order chi connectivity index (χ1) is 5.81. The molecule has 0 aliphatic rings. The van der Waals surface area contributed by atoms with E-state index in [4.69, 9.17) is 9.84 Å². The van der Waals surface area contributed by atoms with E-state index in [1.165, 1.54) is 32.1 Å².